The van der Waals surface area contributed by atoms with Crippen molar-refractivity contribution in [2.45, 2.75) is 20.8 Å². The molecule has 0 radical (unpaired) electrons. The predicted octanol–water partition coefficient (Wildman–Crippen LogP) is 3.07. The van der Waals surface area contributed by atoms with E-state index in [1.54, 1.807) is 5.01 Å². The smallest absolute Gasteiger partial charge is 0.0590 e. The normalized spacial score (nSPS) is 8.31. The Morgan fingerprint density at radius 3 is 2.00 bits per heavy atom. The zero-order valence-electron chi connectivity index (χ0n) is 8.91. The summed E-state index contributed by atoms with van der Waals surface area (Å²) in [5, 5.41) is 5.51. The largest absolute Gasteiger partial charge is 0.269 e. The summed E-state index contributed by atoms with van der Waals surface area (Å²) in [5.41, 5.74) is 2.32. The Labute approximate surface area is 80.9 Å². The predicted molar refractivity (Wildman–Crippen MR) is 60.5 cm³/mol. The fourth-order valence-corrected chi connectivity index (χ4v) is 0.842. The van der Waals surface area contributed by atoms with E-state index in [0.29, 0.717) is 0 Å². The fourth-order valence-electron chi connectivity index (χ4n) is 0.842. The molecule has 0 heterocycles. The second kappa shape index (κ2) is 6.23. The first-order valence-corrected chi connectivity index (χ1v) is 4.51. The molecule has 0 amide bonds. The molecule has 0 fully saturated rings. The molecular weight excluding hydrogens is 160 g/mol. The second-order valence-electron chi connectivity index (χ2n) is 2.50. The van der Waals surface area contributed by atoms with Gasteiger partial charge in [0.1, 0.15) is 0 Å². The van der Waals surface area contributed by atoms with Crippen LogP contribution < -0.4 is 5.01 Å². The van der Waals surface area contributed by atoms with Crippen LogP contribution in [0.2, 0.25) is 0 Å². The van der Waals surface area contributed by atoms with Gasteiger partial charge in [-0.25, -0.2) is 0 Å². The number of nitrogens with zero attached hydrogens (tertiary/aromatic N) is 2. The number of hydrazone groups is 1. The molecule has 0 bridgehead atoms. The van der Waals surface area contributed by atoms with E-state index in [0.717, 1.165) is 5.69 Å². The Morgan fingerprint density at radius 2 is 1.62 bits per heavy atom. The zero-order chi connectivity index (χ0) is 10.3. The van der Waals surface area contributed by atoms with Crippen molar-refractivity contribution in [2.75, 3.05) is 12.1 Å². The quantitative estimate of drug-likeness (QED) is 0.502. The maximum absolute atomic E-state index is 3.77. The van der Waals surface area contributed by atoms with Gasteiger partial charge in [0.2, 0.25) is 0 Å². The van der Waals surface area contributed by atoms with Crippen LogP contribution in [0.5, 0.6) is 0 Å². The number of hydrogen-bond acceptors (Lipinski definition) is 2. The molecule has 0 atom stereocenters. The first-order chi connectivity index (χ1) is 6.24. The average Bonchev–Trinajstić information content (AvgIpc) is 2.21. The van der Waals surface area contributed by atoms with Crippen molar-refractivity contribution in [2.24, 2.45) is 5.10 Å². The van der Waals surface area contributed by atoms with Gasteiger partial charge in [0.15, 0.2) is 0 Å². The molecule has 0 saturated heterocycles. The van der Waals surface area contributed by atoms with Gasteiger partial charge in [0.25, 0.3) is 0 Å². The Hall–Kier alpha value is -1.31. The summed E-state index contributed by atoms with van der Waals surface area (Å²) in [6.45, 7) is 9.50. The third-order valence-electron chi connectivity index (χ3n) is 1.62. The van der Waals surface area contributed by atoms with Gasteiger partial charge >= 0.3 is 0 Å². The molecule has 0 unspecified atom stereocenters. The minimum absolute atomic E-state index is 1.06. The summed E-state index contributed by atoms with van der Waals surface area (Å²) < 4.78 is 0. The van der Waals surface area contributed by atoms with E-state index in [-0.39, 0.29) is 0 Å². The van der Waals surface area contributed by atoms with Crippen molar-refractivity contribution < 1.29 is 0 Å². The molecular formula is C11H18N2. The lowest BCUT2D eigenvalue weighted by Gasteiger charge is -2.11. The molecule has 72 valence electrons. The van der Waals surface area contributed by atoms with Gasteiger partial charge in [-0.05, 0) is 19.1 Å². The van der Waals surface area contributed by atoms with Crippen molar-refractivity contribution in [1.82, 2.24) is 0 Å². The first kappa shape index (κ1) is 11.7. The molecule has 13 heavy (non-hydrogen) atoms. The molecule has 0 aliphatic rings. The van der Waals surface area contributed by atoms with Gasteiger partial charge in [-0.3, -0.25) is 5.01 Å². The number of rotatable bonds is 2. The van der Waals surface area contributed by atoms with E-state index in [9.17, 15) is 0 Å². The molecule has 0 spiro atoms. The molecule has 2 heteroatoms. The van der Waals surface area contributed by atoms with E-state index < -0.39 is 0 Å². The minimum atomic E-state index is 1.06. The molecule has 0 aliphatic carbocycles. The van der Waals surface area contributed by atoms with Crippen LogP contribution in [0.4, 0.5) is 5.69 Å². The summed E-state index contributed by atoms with van der Waals surface area (Å²) in [7, 11) is 1.87. The topological polar surface area (TPSA) is 15.6 Å². The van der Waals surface area contributed by atoms with Gasteiger partial charge in [-0.2, -0.15) is 5.10 Å². The van der Waals surface area contributed by atoms with E-state index in [4.69, 9.17) is 0 Å². The molecule has 1 aromatic carbocycles. The van der Waals surface area contributed by atoms with Crippen molar-refractivity contribution >= 4 is 12.4 Å². The fraction of sp³-hybridized carbons (Fsp3) is 0.364. The minimum Gasteiger partial charge on any atom is -0.269 e. The second-order valence-corrected chi connectivity index (χ2v) is 2.50. The summed E-state index contributed by atoms with van der Waals surface area (Å²) in [6.07, 6.45) is 0. The Bertz CT molecular complexity index is 239. The van der Waals surface area contributed by atoms with Gasteiger partial charge in [-0.1, -0.05) is 31.5 Å². The zero-order valence-corrected chi connectivity index (χ0v) is 8.91. The van der Waals surface area contributed by atoms with E-state index in [2.05, 4.69) is 30.9 Å². The van der Waals surface area contributed by atoms with Gasteiger partial charge in [-0.15, -0.1) is 0 Å². The molecule has 0 N–H and O–H groups in total. The summed E-state index contributed by atoms with van der Waals surface area (Å²) in [4.78, 5) is 0. The number of anilines is 1. The van der Waals surface area contributed by atoms with Crippen LogP contribution in [-0.2, 0) is 0 Å². The third-order valence-corrected chi connectivity index (χ3v) is 1.62. The molecule has 0 aromatic heterocycles. The van der Waals surface area contributed by atoms with Crippen LogP contribution in [0.25, 0.3) is 0 Å². The molecule has 1 aromatic rings. The third kappa shape index (κ3) is 3.74. The maximum atomic E-state index is 3.77. The lowest BCUT2D eigenvalue weighted by atomic mass is 10.2. The van der Waals surface area contributed by atoms with E-state index >= 15 is 0 Å². The standard InChI is InChI=1S/C9H12N2.C2H6/c1-8-4-6-9(7-5-8)11(3)10-2;1-2/h4-7H,2H2,1,3H3;1-2H3. The van der Waals surface area contributed by atoms with Crippen molar-refractivity contribution in [3.05, 3.63) is 29.8 Å². The highest BCUT2D eigenvalue weighted by Crippen LogP contribution is 2.12. The Balaban J connectivity index is 0.000000671. The Kier molecular flexibility index (Phi) is 5.60. The highest BCUT2D eigenvalue weighted by Gasteiger charge is 1.94. The van der Waals surface area contributed by atoms with E-state index in [1.165, 1.54) is 5.56 Å². The summed E-state index contributed by atoms with van der Waals surface area (Å²) >= 11 is 0. The molecule has 2 nitrogen and oxygen atoms in total. The number of aryl methyl sites for hydroxylation is 1. The highest BCUT2D eigenvalue weighted by molar-refractivity contribution is 5.47. The van der Waals surface area contributed by atoms with Crippen LogP contribution >= 0.6 is 0 Å². The summed E-state index contributed by atoms with van der Waals surface area (Å²) in [5.74, 6) is 0. The lowest BCUT2D eigenvalue weighted by molar-refractivity contribution is 1.03. The Morgan fingerprint density at radius 1 is 1.15 bits per heavy atom. The maximum Gasteiger partial charge on any atom is 0.0590 e. The van der Waals surface area contributed by atoms with E-state index in [1.807, 2.05) is 33.0 Å². The van der Waals surface area contributed by atoms with Crippen LogP contribution in [0.15, 0.2) is 29.4 Å². The lowest BCUT2D eigenvalue weighted by Crippen LogP contribution is -2.06. The van der Waals surface area contributed by atoms with Crippen LogP contribution in [0.1, 0.15) is 19.4 Å². The van der Waals surface area contributed by atoms with Crippen LogP contribution in [0, 0.1) is 6.92 Å². The summed E-state index contributed by atoms with van der Waals surface area (Å²) in [6, 6.07) is 8.14. The molecule has 0 aliphatic heterocycles. The van der Waals surface area contributed by atoms with Gasteiger partial charge in [0.05, 0.1) is 5.69 Å². The van der Waals surface area contributed by atoms with Crippen molar-refractivity contribution in [3.8, 4) is 0 Å². The van der Waals surface area contributed by atoms with Crippen molar-refractivity contribution in [1.29, 1.82) is 0 Å². The number of hydrogen-bond donors (Lipinski definition) is 0. The van der Waals surface area contributed by atoms with Gasteiger partial charge < -0.3 is 0 Å². The number of benzene rings is 1. The molecule has 1 rings (SSSR count). The van der Waals surface area contributed by atoms with Gasteiger partial charge in [0, 0.05) is 13.8 Å². The molecule has 0 saturated carbocycles. The van der Waals surface area contributed by atoms with Crippen LogP contribution in [-0.4, -0.2) is 13.8 Å². The highest BCUT2D eigenvalue weighted by atomic mass is 15.4. The van der Waals surface area contributed by atoms with Crippen molar-refractivity contribution in [3.63, 3.8) is 0 Å². The SMILES string of the molecule is C=NN(C)c1ccc(C)cc1.CC. The average molecular weight is 178 g/mol. The monoisotopic (exact) mass is 178 g/mol. The van der Waals surface area contributed by atoms with Crippen LogP contribution in [0.3, 0.4) is 0 Å². The first-order valence-electron chi connectivity index (χ1n) is 4.51.